The molecule has 9 heteroatoms. The zero-order valence-corrected chi connectivity index (χ0v) is 19.5. The molecule has 0 fully saturated rings. The molecule has 3 aromatic rings. The fraction of sp³-hybridized carbons (Fsp3) is 0.304. The normalized spacial score (nSPS) is 10.6. The zero-order chi connectivity index (χ0) is 23.1. The second-order valence-electron chi connectivity index (χ2n) is 7.22. The van der Waals surface area contributed by atoms with Crippen molar-refractivity contribution in [3.05, 3.63) is 65.0 Å². The predicted molar refractivity (Wildman–Crippen MR) is 126 cm³/mol. The van der Waals surface area contributed by atoms with Crippen molar-refractivity contribution in [2.75, 3.05) is 23.5 Å². The van der Waals surface area contributed by atoms with Gasteiger partial charge in [-0.25, -0.2) is 4.79 Å². The molecule has 0 saturated heterocycles. The first-order valence-corrected chi connectivity index (χ1v) is 11.2. The van der Waals surface area contributed by atoms with E-state index >= 15 is 0 Å². The Morgan fingerprint density at radius 1 is 1.09 bits per heavy atom. The molecule has 0 spiro atoms. The van der Waals surface area contributed by atoms with Gasteiger partial charge in [0.05, 0.1) is 25.0 Å². The average Bonchev–Trinajstić information content (AvgIpc) is 3.19. The van der Waals surface area contributed by atoms with E-state index in [1.165, 1.54) is 30.0 Å². The smallest absolute Gasteiger partial charge is 0.337 e. The van der Waals surface area contributed by atoms with Crippen LogP contribution in [0.1, 0.15) is 34.2 Å². The highest BCUT2D eigenvalue weighted by molar-refractivity contribution is 7.99. The van der Waals surface area contributed by atoms with Gasteiger partial charge in [0.1, 0.15) is 0 Å². The molecule has 32 heavy (non-hydrogen) atoms. The van der Waals surface area contributed by atoms with E-state index in [2.05, 4.69) is 57.6 Å². The number of nitrogens with one attached hydrogen (secondary N) is 2. The minimum Gasteiger partial charge on any atom is -0.465 e. The standard InChI is InChI=1S/C23H27N5O3S/c1-5-28-20(13-24-19-11-6-15(2)12-16(19)3)26-27-23(28)32-14-21(29)25-18-9-7-17(8-10-18)22(30)31-4/h6-12,24H,5,13-14H2,1-4H3,(H,25,29). The van der Waals surface area contributed by atoms with Gasteiger partial charge in [-0.05, 0) is 56.7 Å². The number of benzene rings is 2. The first-order valence-electron chi connectivity index (χ1n) is 10.3. The summed E-state index contributed by atoms with van der Waals surface area (Å²) in [5, 5.41) is 15.5. The number of hydrogen-bond donors (Lipinski definition) is 2. The van der Waals surface area contributed by atoms with Gasteiger partial charge in [0.25, 0.3) is 0 Å². The van der Waals surface area contributed by atoms with Crippen molar-refractivity contribution >= 4 is 35.0 Å². The molecule has 0 unspecified atom stereocenters. The second kappa shape index (κ2) is 10.8. The Labute approximate surface area is 191 Å². The summed E-state index contributed by atoms with van der Waals surface area (Å²) in [6.07, 6.45) is 0. The lowest BCUT2D eigenvalue weighted by Gasteiger charge is -2.11. The number of carbonyl (C=O) groups is 2. The summed E-state index contributed by atoms with van der Waals surface area (Å²) in [7, 11) is 1.33. The van der Waals surface area contributed by atoms with E-state index in [1.54, 1.807) is 24.3 Å². The van der Waals surface area contributed by atoms with Gasteiger partial charge in [-0.2, -0.15) is 0 Å². The van der Waals surface area contributed by atoms with Crippen LogP contribution in [0.5, 0.6) is 0 Å². The Balaban J connectivity index is 1.56. The Bertz CT molecular complexity index is 1100. The van der Waals surface area contributed by atoms with Crippen molar-refractivity contribution in [1.29, 1.82) is 0 Å². The molecule has 2 N–H and O–H groups in total. The van der Waals surface area contributed by atoms with E-state index in [1.807, 2.05) is 11.5 Å². The monoisotopic (exact) mass is 453 g/mol. The van der Waals surface area contributed by atoms with Crippen LogP contribution in [0.4, 0.5) is 11.4 Å². The number of methoxy groups -OCH3 is 1. The SMILES string of the molecule is CCn1c(CNc2ccc(C)cc2C)nnc1SCC(=O)Nc1ccc(C(=O)OC)cc1. The summed E-state index contributed by atoms with van der Waals surface area (Å²) in [4.78, 5) is 23.8. The lowest BCUT2D eigenvalue weighted by atomic mass is 10.1. The Morgan fingerprint density at radius 3 is 2.50 bits per heavy atom. The van der Waals surface area contributed by atoms with Crippen molar-refractivity contribution in [2.45, 2.75) is 39.0 Å². The summed E-state index contributed by atoms with van der Waals surface area (Å²) >= 11 is 1.33. The lowest BCUT2D eigenvalue weighted by Crippen LogP contribution is -2.15. The summed E-state index contributed by atoms with van der Waals surface area (Å²) in [6, 6.07) is 12.8. The number of hydrogen-bond acceptors (Lipinski definition) is 7. The molecule has 0 saturated carbocycles. The highest BCUT2D eigenvalue weighted by Gasteiger charge is 2.14. The maximum Gasteiger partial charge on any atom is 0.337 e. The molecular weight excluding hydrogens is 426 g/mol. The number of esters is 1. The Morgan fingerprint density at radius 2 is 1.84 bits per heavy atom. The van der Waals surface area contributed by atoms with Gasteiger partial charge < -0.3 is 19.9 Å². The van der Waals surface area contributed by atoms with Crippen LogP contribution >= 0.6 is 11.8 Å². The van der Waals surface area contributed by atoms with Crippen LogP contribution in [-0.4, -0.2) is 39.5 Å². The van der Waals surface area contributed by atoms with Gasteiger partial charge in [-0.15, -0.1) is 10.2 Å². The maximum absolute atomic E-state index is 12.3. The number of aromatic nitrogens is 3. The van der Waals surface area contributed by atoms with Gasteiger partial charge >= 0.3 is 5.97 Å². The van der Waals surface area contributed by atoms with E-state index in [4.69, 9.17) is 0 Å². The molecule has 0 aliphatic carbocycles. The number of nitrogens with zero attached hydrogens (tertiary/aromatic N) is 3. The second-order valence-corrected chi connectivity index (χ2v) is 8.16. The number of rotatable bonds is 9. The molecule has 3 rings (SSSR count). The van der Waals surface area contributed by atoms with Crippen molar-refractivity contribution in [3.63, 3.8) is 0 Å². The van der Waals surface area contributed by atoms with Gasteiger partial charge in [0, 0.05) is 17.9 Å². The molecule has 2 aromatic carbocycles. The molecule has 0 aliphatic rings. The van der Waals surface area contributed by atoms with Crippen LogP contribution in [0.15, 0.2) is 47.6 Å². The third-order valence-corrected chi connectivity index (χ3v) is 5.82. The van der Waals surface area contributed by atoms with Crippen molar-refractivity contribution in [3.8, 4) is 0 Å². The molecule has 8 nitrogen and oxygen atoms in total. The molecule has 168 valence electrons. The van der Waals surface area contributed by atoms with Crippen LogP contribution in [0.25, 0.3) is 0 Å². The summed E-state index contributed by atoms with van der Waals surface area (Å²) in [6.45, 7) is 7.42. The first kappa shape index (κ1) is 23.3. The molecular formula is C23H27N5O3S. The first-order chi connectivity index (χ1) is 15.4. The van der Waals surface area contributed by atoms with E-state index in [-0.39, 0.29) is 11.7 Å². The van der Waals surface area contributed by atoms with E-state index in [9.17, 15) is 9.59 Å². The number of carbonyl (C=O) groups excluding carboxylic acids is 2. The third-order valence-electron chi connectivity index (χ3n) is 4.85. The van der Waals surface area contributed by atoms with E-state index < -0.39 is 5.97 Å². The van der Waals surface area contributed by atoms with Crippen LogP contribution < -0.4 is 10.6 Å². The molecule has 1 heterocycles. The van der Waals surface area contributed by atoms with Crippen LogP contribution in [0.2, 0.25) is 0 Å². The van der Waals surface area contributed by atoms with Crippen LogP contribution in [0.3, 0.4) is 0 Å². The molecule has 0 radical (unpaired) electrons. The van der Waals surface area contributed by atoms with Gasteiger partial charge in [-0.3, -0.25) is 4.79 Å². The van der Waals surface area contributed by atoms with Crippen LogP contribution in [-0.2, 0) is 22.6 Å². The van der Waals surface area contributed by atoms with Crippen molar-refractivity contribution in [1.82, 2.24) is 14.8 Å². The Kier molecular flexibility index (Phi) is 7.88. The summed E-state index contributed by atoms with van der Waals surface area (Å²) in [5.74, 6) is 0.428. The Hall–Kier alpha value is -3.33. The number of ether oxygens (including phenoxy) is 1. The number of anilines is 2. The number of thioether (sulfide) groups is 1. The minimum atomic E-state index is -0.417. The molecule has 0 aliphatic heterocycles. The molecule has 0 atom stereocenters. The highest BCUT2D eigenvalue weighted by atomic mass is 32.2. The maximum atomic E-state index is 12.3. The van der Waals surface area contributed by atoms with E-state index in [0.29, 0.717) is 29.5 Å². The summed E-state index contributed by atoms with van der Waals surface area (Å²) in [5.41, 5.74) is 4.50. The fourth-order valence-electron chi connectivity index (χ4n) is 3.20. The van der Waals surface area contributed by atoms with E-state index in [0.717, 1.165) is 11.5 Å². The molecule has 1 aromatic heterocycles. The number of amides is 1. The highest BCUT2D eigenvalue weighted by Crippen LogP contribution is 2.20. The molecule has 0 bridgehead atoms. The third kappa shape index (κ3) is 5.88. The van der Waals surface area contributed by atoms with Gasteiger partial charge in [0.15, 0.2) is 11.0 Å². The van der Waals surface area contributed by atoms with Gasteiger partial charge in [-0.1, -0.05) is 29.5 Å². The van der Waals surface area contributed by atoms with Crippen molar-refractivity contribution < 1.29 is 14.3 Å². The van der Waals surface area contributed by atoms with Crippen LogP contribution in [0, 0.1) is 13.8 Å². The summed E-state index contributed by atoms with van der Waals surface area (Å²) < 4.78 is 6.67. The average molecular weight is 454 g/mol. The molecule has 1 amide bonds. The number of aryl methyl sites for hydroxylation is 2. The topological polar surface area (TPSA) is 98.1 Å². The zero-order valence-electron chi connectivity index (χ0n) is 18.6. The fourth-order valence-corrected chi connectivity index (χ4v) is 4.02. The quantitative estimate of drug-likeness (QED) is 0.373. The van der Waals surface area contributed by atoms with Crippen molar-refractivity contribution in [2.24, 2.45) is 0 Å². The minimum absolute atomic E-state index is 0.165. The van der Waals surface area contributed by atoms with Gasteiger partial charge in [0.2, 0.25) is 5.91 Å². The lowest BCUT2D eigenvalue weighted by molar-refractivity contribution is -0.113. The largest absolute Gasteiger partial charge is 0.465 e. The predicted octanol–water partition coefficient (Wildman–Crippen LogP) is 4.04.